The fourth-order valence-corrected chi connectivity index (χ4v) is 3.53. The van der Waals surface area contributed by atoms with E-state index in [1.807, 2.05) is 0 Å². The maximum atomic E-state index is 11.8. The SMILES string of the molecule is COCCCCS(=O)(=O)C(C(=O)O)C(C)C. The zero-order chi connectivity index (χ0) is 12.8. The van der Waals surface area contributed by atoms with Crippen molar-refractivity contribution in [1.29, 1.82) is 0 Å². The summed E-state index contributed by atoms with van der Waals surface area (Å²) in [6, 6.07) is 0. The lowest BCUT2D eigenvalue weighted by Gasteiger charge is -2.16. The lowest BCUT2D eigenvalue weighted by atomic mass is 10.1. The van der Waals surface area contributed by atoms with Gasteiger partial charge in [0.1, 0.15) is 0 Å². The van der Waals surface area contributed by atoms with E-state index in [0.717, 1.165) is 0 Å². The van der Waals surface area contributed by atoms with Crippen LogP contribution in [0.15, 0.2) is 0 Å². The molecule has 0 aliphatic rings. The first-order valence-corrected chi connectivity index (χ1v) is 6.97. The highest BCUT2D eigenvalue weighted by molar-refractivity contribution is 7.92. The molecule has 0 heterocycles. The first-order chi connectivity index (χ1) is 7.33. The number of carboxylic acid groups (broad SMARTS) is 1. The van der Waals surface area contributed by atoms with Crippen molar-refractivity contribution in [3.05, 3.63) is 0 Å². The van der Waals surface area contributed by atoms with Crippen LogP contribution in [-0.2, 0) is 19.4 Å². The lowest BCUT2D eigenvalue weighted by molar-refractivity contribution is -0.137. The molecule has 6 heteroatoms. The van der Waals surface area contributed by atoms with Gasteiger partial charge in [-0.1, -0.05) is 13.8 Å². The molecule has 0 amide bonds. The minimum atomic E-state index is -3.56. The fraction of sp³-hybridized carbons (Fsp3) is 0.900. The summed E-state index contributed by atoms with van der Waals surface area (Å²) in [4.78, 5) is 10.9. The van der Waals surface area contributed by atoms with E-state index in [4.69, 9.17) is 9.84 Å². The molecule has 0 bridgehead atoms. The summed E-state index contributed by atoms with van der Waals surface area (Å²) in [7, 11) is -2.01. The zero-order valence-corrected chi connectivity index (χ0v) is 10.8. The number of methoxy groups -OCH3 is 1. The van der Waals surface area contributed by atoms with Crippen molar-refractivity contribution in [2.24, 2.45) is 5.92 Å². The highest BCUT2D eigenvalue weighted by Crippen LogP contribution is 2.15. The minimum Gasteiger partial charge on any atom is -0.480 e. The van der Waals surface area contributed by atoms with Crippen molar-refractivity contribution in [2.75, 3.05) is 19.5 Å². The highest BCUT2D eigenvalue weighted by Gasteiger charge is 2.34. The maximum Gasteiger partial charge on any atom is 0.322 e. The average Bonchev–Trinajstić information content (AvgIpc) is 2.10. The van der Waals surface area contributed by atoms with Crippen LogP contribution in [0.2, 0.25) is 0 Å². The van der Waals surface area contributed by atoms with Gasteiger partial charge in [0.15, 0.2) is 15.1 Å². The van der Waals surface area contributed by atoms with Crippen LogP contribution in [0.1, 0.15) is 26.7 Å². The van der Waals surface area contributed by atoms with Crippen molar-refractivity contribution < 1.29 is 23.1 Å². The van der Waals surface area contributed by atoms with Gasteiger partial charge in [-0.05, 0) is 18.8 Å². The Morgan fingerprint density at radius 1 is 1.31 bits per heavy atom. The Labute approximate surface area is 96.7 Å². The van der Waals surface area contributed by atoms with E-state index in [2.05, 4.69) is 0 Å². The summed E-state index contributed by atoms with van der Waals surface area (Å²) in [5.74, 6) is -1.77. The zero-order valence-electron chi connectivity index (χ0n) is 9.97. The molecule has 0 spiro atoms. The van der Waals surface area contributed by atoms with Crippen molar-refractivity contribution in [3.63, 3.8) is 0 Å². The van der Waals surface area contributed by atoms with Crippen LogP contribution in [0.25, 0.3) is 0 Å². The van der Waals surface area contributed by atoms with E-state index in [1.54, 1.807) is 21.0 Å². The second-order valence-corrected chi connectivity index (χ2v) is 6.31. The van der Waals surface area contributed by atoms with Gasteiger partial charge in [-0.25, -0.2) is 8.42 Å². The van der Waals surface area contributed by atoms with Gasteiger partial charge in [-0.15, -0.1) is 0 Å². The van der Waals surface area contributed by atoms with Gasteiger partial charge in [0.25, 0.3) is 0 Å². The van der Waals surface area contributed by atoms with Crippen molar-refractivity contribution in [2.45, 2.75) is 31.9 Å². The van der Waals surface area contributed by atoms with Crippen LogP contribution in [0.5, 0.6) is 0 Å². The summed E-state index contributed by atoms with van der Waals surface area (Å²) in [6.45, 7) is 3.70. The van der Waals surface area contributed by atoms with Crippen molar-refractivity contribution in [1.82, 2.24) is 0 Å². The quantitative estimate of drug-likeness (QED) is 0.650. The van der Waals surface area contributed by atoms with Gasteiger partial charge in [0.2, 0.25) is 0 Å². The smallest absolute Gasteiger partial charge is 0.322 e. The molecule has 0 aliphatic heterocycles. The van der Waals surface area contributed by atoms with Gasteiger partial charge in [-0.3, -0.25) is 4.79 Å². The summed E-state index contributed by atoms with van der Waals surface area (Å²) < 4.78 is 28.3. The molecule has 0 saturated heterocycles. The maximum absolute atomic E-state index is 11.8. The molecule has 0 aliphatic carbocycles. The van der Waals surface area contributed by atoms with E-state index in [-0.39, 0.29) is 5.75 Å². The molecular formula is C10H20O5S. The summed E-state index contributed by atoms with van der Waals surface area (Å²) in [6.07, 6.45) is 1.06. The highest BCUT2D eigenvalue weighted by atomic mass is 32.2. The number of hydrogen-bond donors (Lipinski definition) is 1. The molecule has 0 fully saturated rings. The van der Waals surface area contributed by atoms with Crippen LogP contribution >= 0.6 is 0 Å². The molecule has 0 rings (SSSR count). The van der Waals surface area contributed by atoms with Crippen molar-refractivity contribution in [3.8, 4) is 0 Å². The van der Waals surface area contributed by atoms with Crippen LogP contribution in [0.3, 0.4) is 0 Å². The van der Waals surface area contributed by atoms with E-state index >= 15 is 0 Å². The Hall–Kier alpha value is -0.620. The first-order valence-electron chi connectivity index (χ1n) is 5.26. The Balaban J connectivity index is 4.44. The van der Waals surface area contributed by atoms with Crippen LogP contribution in [0.4, 0.5) is 0 Å². The predicted octanol–water partition coefficient (Wildman–Crippen LogP) is 0.937. The topological polar surface area (TPSA) is 80.7 Å². The largest absolute Gasteiger partial charge is 0.480 e. The third-order valence-corrected chi connectivity index (χ3v) is 4.64. The van der Waals surface area contributed by atoms with Gasteiger partial charge in [0, 0.05) is 13.7 Å². The molecule has 96 valence electrons. The summed E-state index contributed by atoms with van der Waals surface area (Å²) in [5, 5.41) is 7.58. The molecule has 16 heavy (non-hydrogen) atoms. The number of sulfone groups is 1. The second-order valence-electron chi connectivity index (χ2n) is 4.07. The molecule has 5 nitrogen and oxygen atoms in total. The molecular weight excluding hydrogens is 232 g/mol. The monoisotopic (exact) mass is 252 g/mol. The van der Waals surface area contributed by atoms with E-state index in [9.17, 15) is 13.2 Å². The van der Waals surface area contributed by atoms with E-state index in [1.165, 1.54) is 0 Å². The number of hydrogen-bond acceptors (Lipinski definition) is 4. The van der Waals surface area contributed by atoms with Gasteiger partial charge in [0.05, 0.1) is 5.75 Å². The summed E-state index contributed by atoms with van der Waals surface area (Å²) in [5.41, 5.74) is 0. The molecule has 1 N–H and O–H groups in total. The third kappa shape index (κ3) is 4.94. The van der Waals surface area contributed by atoms with Crippen LogP contribution < -0.4 is 0 Å². The standard InChI is InChI=1S/C10H20O5S/c1-8(2)9(10(11)12)16(13,14)7-5-4-6-15-3/h8-9H,4-7H2,1-3H3,(H,11,12). The lowest BCUT2D eigenvalue weighted by Crippen LogP contribution is -2.36. The van der Waals surface area contributed by atoms with Gasteiger partial charge >= 0.3 is 5.97 Å². The molecule has 0 saturated carbocycles. The Bertz CT molecular complexity index is 307. The Morgan fingerprint density at radius 3 is 2.25 bits per heavy atom. The number of carboxylic acids is 1. The molecule has 1 atom stereocenters. The number of rotatable bonds is 8. The van der Waals surface area contributed by atoms with E-state index in [0.29, 0.717) is 19.4 Å². The van der Waals surface area contributed by atoms with E-state index < -0.39 is 27.0 Å². The van der Waals surface area contributed by atoms with Crippen molar-refractivity contribution >= 4 is 15.8 Å². The number of carbonyl (C=O) groups is 1. The Morgan fingerprint density at radius 2 is 1.88 bits per heavy atom. The Kier molecular flexibility index (Phi) is 6.59. The molecule has 0 aromatic heterocycles. The molecule has 0 radical (unpaired) electrons. The normalized spacial score (nSPS) is 14.0. The predicted molar refractivity (Wildman–Crippen MR) is 61.2 cm³/mol. The molecule has 0 aromatic carbocycles. The minimum absolute atomic E-state index is 0.0918. The average molecular weight is 252 g/mol. The summed E-state index contributed by atoms with van der Waals surface area (Å²) >= 11 is 0. The number of ether oxygens (including phenoxy) is 1. The third-order valence-electron chi connectivity index (χ3n) is 2.26. The molecule has 1 unspecified atom stereocenters. The van der Waals surface area contributed by atoms with Gasteiger partial charge < -0.3 is 9.84 Å². The number of aliphatic carboxylic acids is 1. The number of unbranched alkanes of at least 4 members (excludes halogenated alkanes) is 1. The van der Waals surface area contributed by atoms with Gasteiger partial charge in [-0.2, -0.15) is 0 Å². The van der Waals surface area contributed by atoms with Crippen LogP contribution in [0, 0.1) is 5.92 Å². The fourth-order valence-electron chi connectivity index (χ4n) is 1.53. The second kappa shape index (κ2) is 6.85. The molecule has 0 aromatic rings. The van der Waals surface area contributed by atoms with Crippen LogP contribution in [-0.4, -0.2) is 44.2 Å². The first kappa shape index (κ1) is 15.4.